The van der Waals surface area contributed by atoms with E-state index in [1.165, 1.54) is 38.2 Å². The molecule has 2 aromatic carbocycles. The lowest BCUT2D eigenvalue weighted by Gasteiger charge is -2.42. The number of rotatable bonds is 4. The van der Waals surface area contributed by atoms with E-state index in [-0.39, 0.29) is 5.78 Å². The monoisotopic (exact) mass is 465 g/mol. The number of carbonyl (C=O) groups excluding carboxylic acids is 1. The fourth-order valence-electron chi connectivity index (χ4n) is 4.34. The van der Waals surface area contributed by atoms with Crippen LogP contribution in [0.1, 0.15) is 55.5 Å². The molecular formula is C26H25Cl2N3O. The van der Waals surface area contributed by atoms with Crippen molar-refractivity contribution in [1.29, 1.82) is 0 Å². The Morgan fingerprint density at radius 3 is 2.28 bits per heavy atom. The molecular weight excluding hydrogens is 441 g/mol. The Morgan fingerprint density at radius 1 is 1.03 bits per heavy atom. The molecule has 5 rings (SSSR count). The molecule has 1 saturated carbocycles. The van der Waals surface area contributed by atoms with Crippen molar-refractivity contribution in [3.63, 3.8) is 0 Å². The summed E-state index contributed by atoms with van der Waals surface area (Å²) in [6, 6.07) is 15.6. The van der Waals surface area contributed by atoms with Gasteiger partial charge in [-0.2, -0.15) is 0 Å². The summed E-state index contributed by atoms with van der Waals surface area (Å²) in [5, 5.41) is 2.14. The molecule has 4 aromatic rings. The molecule has 0 saturated heterocycles. The van der Waals surface area contributed by atoms with E-state index in [2.05, 4.69) is 29.0 Å². The van der Waals surface area contributed by atoms with E-state index in [1.807, 2.05) is 24.3 Å². The number of fused-ring (bicyclic) bond motifs is 1. The first-order valence-corrected chi connectivity index (χ1v) is 11.5. The van der Waals surface area contributed by atoms with Gasteiger partial charge >= 0.3 is 0 Å². The highest BCUT2D eigenvalue weighted by Crippen LogP contribution is 2.46. The van der Waals surface area contributed by atoms with E-state index in [1.54, 1.807) is 35.3 Å². The van der Waals surface area contributed by atoms with Crippen LogP contribution < -0.4 is 0 Å². The fraction of sp³-hybridized carbons (Fsp3) is 0.269. The van der Waals surface area contributed by atoms with Crippen LogP contribution >= 0.6 is 23.2 Å². The molecule has 4 nitrogen and oxygen atoms in total. The molecule has 6 heteroatoms. The summed E-state index contributed by atoms with van der Waals surface area (Å²) in [6.07, 6.45) is 10.4. The van der Waals surface area contributed by atoms with Crippen molar-refractivity contribution in [2.45, 2.75) is 44.9 Å². The van der Waals surface area contributed by atoms with E-state index < -0.39 is 0 Å². The lowest BCUT2D eigenvalue weighted by Crippen LogP contribution is -2.33. The average molecular weight is 466 g/mol. The van der Waals surface area contributed by atoms with Gasteiger partial charge in [0.15, 0.2) is 5.78 Å². The molecule has 0 N–H and O–H groups in total. The van der Waals surface area contributed by atoms with E-state index in [0.29, 0.717) is 21.9 Å². The lowest BCUT2D eigenvalue weighted by atomic mass is 9.63. The zero-order chi connectivity index (χ0) is 22.7. The molecule has 1 fully saturated rings. The lowest BCUT2D eigenvalue weighted by molar-refractivity contribution is 0.101. The van der Waals surface area contributed by atoms with Crippen LogP contribution in [0.2, 0.25) is 10.0 Å². The van der Waals surface area contributed by atoms with Gasteiger partial charge in [-0.15, -0.1) is 0 Å². The Bertz CT molecular complexity index is 1220. The maximum Gasteiger partial charge on any atom is 0.234 e. The number of carbonyl (C=O) groups is 1. The SMILES string of the molecule is CC(=O)c1cn(-c2ncccn2)c2cccc(Cl)c12.CCC1(c2ccc(Cl)cc2)CCC1. The Hall–Kier alpha value is -2.69. The van der Waals surface area contributed by atoms with Gasteiger partial charge in [0.2, 0.25) is 5.95 Å². The molecule has 1 aliphatic rings. The van der Waals surface area contributed by atoms with Crippen LogP contribution in [0.15, 0.2) is 67.1 Å². The van der Waals surface area contributed by atoms with Crippen LogP contribution in [-0.4, -0.2) is 20.3 Å². The molecule has 0 bridgehead atoms. The zero-order valence-electron chi connectivity index (χ0n) is 18.2. The summed E-state index contributed by atoms with van der Waals surface area (Å²) in [7, 11) is 0. The molecule has 0 unspecified atom stereocenters. The summed E-state index contributed by atoms with van der Waals surface area (Å²) in [5.74, 6) is 0.482. The van der Waals surface area contributed by atoms with Crippen LogP contribution in [0.5, 0.6) is 0 Å². The summed E-state index contributed by atoms with van der Waals surface area (Å²) >= 11 is 12.1. The van der Waals surface area contributed by atoms with Gasteiger partial charge in [-0.05, 0) is 67.5 Å². The van der Waals surface area contributed by atoms with Crippen molar-refractivity contribution in [2.75, 3.05) is 0 Å². The second-order valence-corrected chi connectivity index (χ2v) is 8.99. The van der Waals surface area contributed by atoms with Crippen molar-refractivity contribution in [1.82, 2.24) is 14.5 Å². The molecule has 2 aromatic heterocycles. The number of halogens is 2. The number of hydrogen-bond acceptors (Lipinski definition) is 3. The van der Waals surface area contributed by atoms with Gasteiger partial charge < -0.3 is 0 Å². The Kier molecular flexibility index (Phi) is 6.63. The third-order valence-corrected chi connectivity index (χ3v) is 6.94. The number of hydrogen-bond donors (Lipinski definition) is 0. The zero-order valence-corrected chi connectivity index (χ0v) is 19.7. The third kappa shape index (κ3) is 4.30. The Labute approximate surface area is 198 Å². The van der Waals surface area contributed by atoms with Crippen LogP contribution in [-0.2, 0) is 5.41 Å². The largest absolute Gasteiger partial charge is 0.294 e. The first-order chi connectivity index (χ1) is 15.4. The highest BCUT2D eigenvalue weighted by molar-refractivity contribution is 6.37. The van der Waals surface area contributed by atoms with Gasteiger partial charge in [0.1, 0.15) is 0 Å². The van der Waals surface area contributed by atoms with Crippen molar-refractivity contribution >= 4 is 39.9 Å². The molecule has 32 heavy (non-hydrogen) atoms. The first kappa shape index (κ1) is 22.5. The van der Waals surface area contributed by atoms with Gasteiger partial charge in [0, 0.05) is 34.6 Å². The fourth-order valence-corrected chi connectivity index (χ4v) is 4.74. The Balaban J connectivity index is 0.000000165. The molecule has 0 atom stereocenters. The second kappa shape index (κ2) is 9.43. The van der Waals surface area contributed by atoms with Crippen molar-refractivity contribution in [3.8, 4) is 5.95 Å². The summed E-state index contributed by atoms with van der Waals surface area (Å²) < 4.78 is 1.78. The van der Waals surface area contributed by atoms with Crippen molar-refractivity contribution < 1.29 is 4.79 Å². The van der Waals surface area contributed by atoms with Crippen LogP contribution in [0, 0.1) is 0 Å². The van der Waals surface area contributed by atoms with Crippen LogP contribution in [0.4, 0.5) is 0 Å². The first-order valence-electron chi connectivity index (χ1n) is 10.8. The van der Waals surface area contributed by atoms with Crippen molar-refractivity contribution in [3.05, 3.63) is 88.3 Å². The topological polar surface area (TPSA) is 47.8 Å². The molecule has 0 aliphatic heterocycles. The standard InChI is InChI=1S/C14H10ClN3O.C12H15Cl/c1-9(19)10-8-18(14-16-6-3-7-17-14)12-5-2-4-11(15)13(10)12;1-2-12(8-3-9-12)10-4-6-11(13)7-5-10/h2-8H,1H3;4-7H,2-3,8-9H2,1H3. The predicted molar refractivity (Wildman–Crippen MR) is 131 cm³/mol. The number of benzene rings is 2. The molecule has 2 heterocycles. The van der Waals surface area contributed by atoms with Gasteiger partial charge in [-0.1, -0.05) is 54.7 Å². The smallest absolute Gasteiger partial charge is 0.234 e. The molecule has 0 amide bonds. The Morgan fingerprint density at radius 2 is 1.72 bits per heavy atom. The minimum Gasteiger partial charge on any atom is -0.294 e. The van der Waals surface area contributed by atoms with E-state index in [0.717, 1.165) is 15.9 Å². The minimum absolute atomic E-state index is 0.0345. The van der Waals surface area contributed by atoms with Gasteiger partial charge in [-0.3, -0.25) is 9.36 Å². The number of ketones is 1. The third-order valence-electron chi connectivity index (χ3n) is 6.37. The van der Waals surface area contributed by atoms with Gasteiger partial charge in [0.05, 0.1) is 10.5 Å². The number of nitrogens with zero attached hydrogens (tertiary/aromatic N) is 3. The average Bonchev–Trinajstić information content (AvgIpc) is 3.17. The molecule has 0 spiro atoms. The summed E-state index contributed by atoms with van der Waals surface area (Å²) in [6.45, 7) is 3.81. The highest BCUT2D eigenvalue weighted by Gasteiger charge is 2.36. The van der Waals surface area contributed by atoms with Crippen molar-refractivity contribution in [2.24, 2.45) is 0 Å². The second-order valence-electron chi connectivity index (χ2n) is 8.15. The predicted octanol–water partition coefficient (Wildman–Crippen LogP) is 7.45. The van der Waals surface area contributed by atoms with E-state index in [4.69, 9.17) is 23.2 Å². The quantitative estimate of drug-likeness (QED) is 0.294. The summed E-state index contributed by atoms with van der Waals surface area (Å²) in [5.41, 5.74) is 3.37. The van der Waals surface area contributed by atoms with E-state index >= 15 is 0 Å². The number of aromatic nitrogens is 3. The van der Waals surface area contributed by atoms with Gasteiger partial charge in [0.25, 0.3) is 0 Å². The maximum atomic E-state index is 11.7. The number of Topliss-reactive ketones (excluding diaryl/α,β-unsaturated/α-hetero) is 1. The molecule has 164 valence electrons. The maximum absolute atomic E-state index is 11.7. The van der Waals surface area contributed by atoms with Gasteiger partial charge in [-0.25, -0.2) is 9.97 Å². The normalized spacial score (nSPS) is 14.4. The van der Waals surface area contributed by atoms with E-state index in [9.17, 15) is 4.79 Å². The molecule has 1 aliphatic carbocycles. The van der Waals surface area contributed by atoms with Crippen LogP contribution in [0.25, 0.3) is 16.9 Å². The minimum atomic E-state index is -0.0345. The van der Waals surface area contributed by atoms with Crippen LogP contribution in [0.3, 0.4) is 0 Å². The summed E-state index contributed by atoms with van der Waals surface area (Å²) in [4.78, 5) is 20.1. The highest BCUT2D eigenvalue weighted by atomic mass is 35.5. The molecule has 0 radical (unpaired) electrons.